The summed E-state index contributed by atoms with van der Waals surface area (Å²) < 4.78 is 5.14. The highest BCUT2D eigenvalue weighted by atomic mass is 31.1. The quantitative estimate of drug-likeness (QED) is 0.622. The van der Waals surface area contributed by atoms with Crippen molar-refractivity contribution in [3.8, 4) is 0 Å². The normalized spacial score (nSPS) is 10.8. The van der Waals surface area contributed by atoms with Crippen molar-refractivity contribution in [1.82, 2.24) is 0 Å². The first-order chi connectivity index (χ1) is 5.61. The van der Waals surface area contributed by atoms with Gasteiger partial charge in [-0.3, -0.25) is 0 Å². The summed E-state index contributed by atoms with van der Waals surface area (Å²) in [6.07, 6.45) is 1.89. The van der Waals surface area contributed by atoms with Crippen molar-refractivity contribution in [2.45, 2.75) is 27.7 Å². The van der Waals surface area contributed by atoms with Crippen molar-refractivity contribution in [2.75, 3.05) is 18.9 Å². The molecule has 0 N–H and O–H groups in total. The summed E-state index contributed by atoms with van der Waals surface area (Å²) in [6.45, 7) is 8.76. The molecule has 0 aromatic rings. The first-order valence-electron chi connectivity index (χ1n) is 4.53. The first kappa shape index (κ1) is 11.9. The molecule has 0 atom stereocenters. The smallest absolute Gasteiger partial charge is 0.326 e. The van der Waals surface area contributed by atoms with Gasteiger partial charge in [-0.2, -0.15) is 0 Å². The van der Waals surface area contributed by atoms with E-state index < -0.39 is 7.92 Å². The van der Waals surface area contributed by atoms with Crippen molar-refractivity contribution in [3.63, 3.8) is 0 Å². The van der Waals surface area contributed by atoms with Crippen LogP contribution in [0.3, 0.4) is 0 Å². The number of carbonyl (C=O) groups excluding carboxylic acids is 1. The van der Waals surface area contributed by atoms with Gasteiger partial charge in [0.1, 0.15) is 0 Å². The molecule has 0 aromatic heterocycles. The van der Waals surface area contributed by atoms with Gasteiger partial charge >= 0.3 is 5.71 Å². The molecule has 0 saturated carbocycles. The van der Waals surface area contributed by atoms with E-state index in [0.717, 1.165) is 12.3 Å². The highest BCUT2D eigenvalue weighted by Crippen LogP contribution is 2.36. The lowest BCUT2D eigenvalue weighted by Crippen LogP contribution is -2.08. The average molecular weight is 190 g/mol. The minimum Gasteiger partial charge on any atom is -0.462 e. The van der Waals surface area contributed by atoms with E-state index in [4.69, 9.17) is 4.74 Å². The molecule has 0 bridgehead atoms. The molecule has 0 saturated heterocycles. The molecule has 0 fully saturated rings. The summed E-state index contributed by atoms with van der Waals surface area (Å²) in [4.78, 5) is 11.3. The van der Waals surface area contributed by atoms with Crippen LogP contribution < -0.4 is 0 Å². The van der Waals surface area contributed by atoms with Gasteiger partial charge < -0.3 is 4.74 Å². The Balaban J connectivity index is 3.69. The van der Waals surface area contributed by atoms with E-state index in [1.807, 2.05) is 27.7 Å². The van der Waals surface area contributed by atoms with Crippen LogP contribution >= 0.6 is 7.92 Å². The zero-order chi connectivity index (χ0) is 9.56. The molecule has 3 heteroatoms. The predicted octanol–water partition coefficient (Wildman–Crippen LogP) is 3.30. The number of hydrogen-bond donors (Lipinski definition) is 0. The summed E-state index contributed by atoms with van der Waals surface area (Å²) in [7, 11) is -0.509. The maximum Gasteiger partial charge on any atom is 0.326 e. The standard InChI is InChI=1S/C9H19O2P/c1-5-12(6-2)9(10)11-7-8(3)4/h8H,5-7H2,1-4H3. The van der Waals surface area contributed by atoms with Gasteiger partial charge in [0.2, 0.25) is 0 Å². The van der Waals surface area contributed by atoms with Crippen LogP contribution in [0, 0.1) is 5.92 Å². The molecule has 72 valence electrons. The molecule has 12 heavy (non-hydrogen) atoms. The van der Waals surface area contributed by atoms with E-state index in [2.05, 4.69) is 0 Å². The summed E-state index contributed by atoms with van der Waals surface area (Å²) >= 11 is 0. The van der Waals surface area contributed by atoms with Gasteiger partial charge in [-0.15, -0.1) is 0 Å². The summed E-state index contributed by atoms with van der Waals surface area (Å²) in [6, 6.07) is 0. The Labute approximate surface area is 76.4 Å². The van der Waals surface area contributed by atoms with Gasteiger partial charge in [0.15, 0.2) is 0 Å². The zero-order valence-electron chi connectivity index (χ0n) is 8.46. The number of ether oxygens (including phenoxy) is 1. The predicted molar refractivity (Wildman–Crippen MR) is 54.2 cm³/mol. The highest BCUT2D eigenvalue weighted by molar-refractivity contribution is 7.74. The van der Waals surface area contributed by atoms with Gasteiger partial charge in [-0.1, -0.05) is 27.7 Å². The van der Waals surface area contributed by atoms with Crippen molar-refractivity contribution < 1.29 is 9.53 Å². The fourth-order valence-corrected chi connectivity index (χ4v) is 2.03. The summed E-state index contributed by atoms with van der Waals surface area (Å²) in [5.41, 5.74) is 0.0312. The number of rotatable bonds is 5. The molecule has 0 aliphatic heterocycles. The molecular weight excluding hydrogens is 171 g/mol. The molecule has 0 aromatic carbocycles. The maximum absolute atomic E-state index is 11.3. The highest BCUT2D eigenvalue weighted by Gasteiger charge is 2.14. The Kier molecular flexibility index (Phi) is 6.37. The number of hydrogen-bond acceptors (Lipinski definition) is 2. The Bertz CT molecular complexity index is 130. The lowest BCUT2D eigenvalue weighted by atomic mass is 10.2. The third-order valence-electron chi connectivity index (χ3n) is 1.56. The van der Waals surface area contributed by atoms with E-state index in [0.29, 0.717) is 12.5 Å². The molecule has 0 rings (SSSR count). The third-order valence-corrected chi connectivity index (χ3v) is 3.73. The molecule has 0 spiro atoms. The number of carbonyl (C=O) groups is 1. The second-order valence-corrected chi connectivity index (χ2v) is 5.85. The van der Waals surface area contributed by atoms with Crippen molar-refractivity contribution in [3.05, 3.63) is 0 Å². The minimum atomic E-state index is -0.509. The Morgan fingerprint density at radius 2 is 1.83 bits per heavy atom. The summed E-state index contributed by atoms with van der Waals surface area (Å²) in [5.74, 6) is 0.444. The molecule has 0 radical (unpaired) electrons. The van der Waals surface area contributed by atoms with E-state index in [1.165, 1.54) is 0 Å². The Hall–Kier alpha value is -0.100. The van der Waals surface area contributed by atoms with Gasteiger partial charge in [0.25, 0.3) is 0 Å². The molecule has 0 unspecified atom stereocenters. The van der Waals surface area contributed by atoms with Gasteiger partial charge in [0, 0.05) is 7.92 Å². The topological polar surface area (TPSA) is 26.3 Å². The minimum absolute atomic E-state index is 0.0312. The van der Waals surface area contributed by atoms with Crippen LogP contribution in [-0.2, 0) is 4.74 Å². The van der Waals surface area contributed by atoms with E-state index >= 15 is 0 Å². The Morgan fingerprint density at radius 3 is 2.17 bits per heavy atom. The fraction of sp³-hybridized carbons (Fsp3) is 0.889. The maximum atomic E-state index is 11.3. The fourth-order valence-electron chi connectivity index (χ4n) is 0.811. The molecule has 2 nitrogen and oxygen atoms in total. The van der Waals surface area contributed by atoms with Crippen LogP contribution in [0.4, 0.5) is 4.79 Å². The average Bonchev–Trinajstić information content (AvgIpc) is 2.03. The van der Waals surface area contributed by atoms with Crippen LogP contribution in [-0.4, -0.2) is 24.6 Å². The van der Waals surface area contributed by atoms with Gasteiger partial charge in [-0.05, 0) is 18.2 Å². The van der Waals surface area contributed by atoms with Crippen molar-refractivity contribution in [2.24, 2.45) is 5.92 Å². The molecule has 0 amide bonds. The molecule has 0 aliphatic rings. The van der Waals surface area contributed by atoms with E-state index in [-0.39, 0.29) is 5.71 Å². The monoisotopic (exact) mass is 190 g/mol. The molecule has 0 heterocycles. The summed E-state index contributed by atoms with van der Waals surface area (Å²) in [5, 5.41) is 0. The second-order valence-electron chi connectivity index (χ2n) is 3.14. The second kappa shape index (κ2) is 6.42. The van der Waals surface area contributed by atoms with Crippen LogP contribution in [0.25, 0.3) is 0 Å². The largest absolute Gasteiger partial charge is 0.462 e. The molecule has 0 aliphatic carbocycles. The molecular formula is C9H19O2P. The lowest BCUT2D eigenvalue weighted by molar-refractivity contribution is 0.159. The lowest BCUT2D eigenvalue weighted by Gasteiger charge is -2.13. The van der Waals surface area contributed by atoms with Crippen LogP contribution in [0.2, 0.25) is 0 Å². The first-order valence-corrected chi connectivity index (χ1v) is 6.24. The van der Waals surface area contributed by atoms with Gasteiger partial charge in [0.05, 0.1) is 6.61 Å². The van der Waals surface area contributed by atoms with Crippen LogP contribution in [0.15, 0.2) is 0 Å². The SMILES string of the molecule is CCP(CC)C(=O)OCC(C)C. The van der Waals surface area contributed by atoms with E-state index in [9.17, 15) is 4.79 Å². The van der Waals surface area contributed by atoms with Crippen molar-refractivity contribution >= 4 is 13.6 Å². The van der Waals surface area contributed by atoms with Crippen molar-refractivity contribution in [1.29, 1.82) is 0 Å². The zero-order valence-corrected chi connectivity index (χ0v) is 9.36. The Morgan fingerprint density at radius 1 is 1.33 bits per heavy atom. The van der Waals surface area contributed by atoms with Crippen LogP contribution in [0.5, 0.6) is 0 Å². The third kappa shape index (κ3) is 4.71. The van der Waals surface area contributed by atoms with E-state index in [1.54, 1.807) is 0 Å². The van der Waals surface area contributed by atoms with Crippen LogP contribution in [0.1, 0.15) is 27.7 Å². The van der Waals surface area contributed by atoms with Gasteiger partial charge in [-0.25, -0.2) is 4.79 Å².